The third-order valence-corrected chi connectivity index (χ3v) is 4.85. The van der Waals surface area contributed by atoms with Gasteiger partial charge in [-0.3, -0.25) is 4.79 Å². The van der Waals surface area contributed by atoms with Crippen molar-refractivity contribution in [1.82, 2.24) is 0 Å². The Morgan fingerprint density at radius 2 is 1.78 bits per heavy atom. The number of rotatable bonds is 4. The van der Waals surface area contributed by atoms with E-state index in [2.05, 4.69) is 23.2 Å². The second-order valence-corrected chi connectivity index (χ2v) is 7.09. The van der Waals surface area contributed by atoms with Crippen LogP contribution in [0.15, 0.2) is 42.5 Å². The number of hydrogen-bond donors (Lipinski definition) is 2. The maximum absolute atomic E-state index is 12.9. The third kappa shape index (κ3) is 4.78. The molecule has 6 nitrogen and oxygen atoms in total. The van der Waals surface area contributed by atoms with Crippen LogP contribution in [0.1, 0.15) is 35.7 Å². The number of carbonyl (C=O) groups is 2. The molecule has 1 saturated heterocycles. The summed E-state index contributed by atoms with van der Waals surface area (Å²) in [5.74, 6) is 0.899. The molecule has 3 rings (SSSR count). The summed E-state index contributed by atoms with van der Waals surface area (Å²) in [4.78, 5) is 25.9. The summed E-state index contributed by atoms with van der Waals surface area (Å²) < 4.78 is 4.80. The van der Waals surface area contributed by atoms with Gasteiger partial charge in [0.05, 0.1) is 5.56 Å². The fourth-order valence-corrected chi connectivity index (χ4v) is 3.27. The molecule has 0 spiro atoms. The molecular formula is C21H25N3O3. The van der Waals surface area contributed by atoms with Gasteiger partial charge in [0.2, 0.25) is 0 Å². The highest BCUT2D eigenvalue weighted by atomic mass is 16.5. The quantitative estimate of drug-likeness (QED) is 0.857. The molecule has 3 N–H and O–H groups in total. The fraction of sp³-hybridized carbons (Fsp3) is 0.333. The van der Waals surface area contributed by atoms with Gasteiger partial charge in [-0.25, -0.2) is 4.79 Å². The number of hydrogen-bond acceptors (Lipinski definition) is 4. The molecule has 0 radical (unpaired) electrons. The largest absolute Gasteiger partial charge is 0.411 e. The van der Waals surface area contributed by atoms with E-state index in [4.69, 9.17) is 10.5 Å². The number of carbonyl (C=O) groups excluding carboxylic acids is 2. The smallest absolute Gasteiger partial charge is 0.409 e. The molecular weight excluding hydrogens is 342 g/mol. The van der Waals surface area contributed by atoms with Gasteiger partial charge in [-0.15, -0.1) is 0 Å². The van der Waals surface area contributed by atoms with E-state index in [1.165, 1.54) is 0 Å². The number of benzene rings is 2. The summed E-state index contributed by atoms with van der Waals surface area (Å²) in [5, 5.41) is 2.91. The normalized spacial score (nSPS) is 14.7. The van der Waals surface area contributed by atoms with Gasteiger partial charge >= 0.3 is 6.09 Å². The molecule has 0 aliphatic carbocycles. The standard InChI is InChI=1S/C21H25N3O3/c1-14-9-11-24(12-10-14)19-13-15(2)3-8-18(19)20(25)23-16-4-6-17(7-5-16)27-21(22)26/h3-8,13-14H,9-12H2,1-2H3,(H2,22,26)(H,23,25). The number of ether oxygens (including phenoxy) is 1. The van der Waals surface area contributed by atoms with Crippen molar-refractivity contribution < 1.29 is 14.3 Å². The Labute approximate surface area is 159 Å². The summed E-state index contributed by atoms with van der Waals surface area (Å²) in [6.07, 6.45) is 1.40. The predicted molar refractivity (Wildman–Crippen MR) is 106 cm³/mol. The summed E-state index contributed by atoms with van der Waals surface area (Å²) in [7, 11) is 0. The van der Waals surface area contributed by atoms with Crippen LogP contribution in [0, 0.1) is 12.8 Å². The van der Waals surface area contributed by atoms with Gasteiger partial charge in [-0.05, 0) is 67.6 Å². The fourth-order valence-electron chi connectivity index (χ4n) is 3.27. The molecule has 0 atom stereocenters. The van der Waals surface area contributed by atoms with Crippen LogP contribution >= 0.6 is 0 Å². The molecule has 1 aliphatic rings. The van der Waals surface area contributed by atoms with Gasteiger partial charge in [0.15, 0.2) is 0 Å². The second-order valence-electron chi connectivity index (χ2n) is 7.09. The van der Waals surface area contributed by atoms with E-state index in [9.17, 15) is 9.59 Å². The Kier molecular flexibility index (Phi) is 5.64. The third-order valence-electron chi connectivity index (χ3n) is 4.85. The Morgan fingerprint density at radius 3 is 2.41 bits per heavy atom. The van der Waals surface area contributed by atoms with Crippen molar-refractivity contribution in [3.05, 3.63) is 53.6 Å². The first-order chi connectivity index (χ1) is 12.9. The molecule has 0 unspecified atom stereocenters. The SMILES string of the molecule is Cc1ccc(C(=O)Nc2ccc(OC(N)=O)cc2)c(N2CCC(C)CC2)c1. The molecule has 6 heteroatoms. The van der Waals surface area contributed by atoms with Crippen LogP contribution in [0.2, 0.25) is 0 Å². The van der Waals surface area contributed by atoms with Crippen molar-refractivity contribution in [1.29, 1.82) is 0 Å². The van der Waals surface area contributed by atoms with Gasteiger partial charge in [0, 0.05) is 24.5 Å². The number of nitrogens with zero attached hydrogens (tertiary/aromatic N) is 1. The molecule has 142 valence electrons. The molecule has 2 aromatic rings. The summed E-state index contributed by atoms with van der Waals surface area (Å²) in [6, 6.07) is 12.4. The number of aryl methyl sites for hydroxylation is 1. The van der Waals surface area contributed by atoms with Gasteiger partial charge in [0.25, 0.3) is 5.91 Å². The molecule has 27 heavy (non-hydrogen) atoms. The lowest BCUT2D eigenvalue weighted by Gasteiger charge is -2.33. The number of primary amides is 1. The molecule has 1 fully saturated rings. The van der Waals surface area contributed by atoms with E-state index < -0.39 is 6.09 Å². The number of nitrogens with two attached hydrogens (primary N) is 1. The highest BCUT2D eigenvalue weighted by Crippen LogP contribution is 2.28. The summed E-state index contributed by atoms with van der Waals surface area (Å²) in [6.45, 7) is 6.23. The van der Waals surface area contributed by atoms with E-state index >= 15 is 0 Å². The average Bonchev–Trinajstić information content (AvgIpc) is 2.63. The van der Waals surface area contributed by atoms with Crippen LogP contribution in [-0.2, 0) is 0 Å². The van der Waals surface area contributed by atoms with Gasteiger partial charge in [-0.2, -0.15) is 0 Å². The Morgan fingerprint density at radius 1 is 1.11 bits per heavy atom. The Balaban J connectivity index is 1.77. The van der Waals surface area contributed by atoms with Crippen molar-refractivity contribution in [3.63, 3.8) is 0 Å². The number of amides is 2. The molecule has 1 aliphatic heterocycles. The average molecular weight is 367 g/mol. The molecule has 2 amide bonds. The second kappa shape index (κ2) is 8.12. The zero-order chi connectivity index (χ0) is 19.4. The molecule has 0 aromatic heterocycles. The van der Waals surface area contributed by atoms with Crippen LogP contribution in [0.3, 0.4) is 0 Å². The monoisotopic (exact) mass is 367 g/mol. The maximum atomic E-state index is 12.9. The van der Waals surface area contributed by atoms with Gasteiger partial charge in [-0.1, -0.05) is 13.0 Å². The topological polar surface area (TPSA) is 84.7 Å². The van der Waals surface area contributed by atoms with Crippen molar-refractivity contribution in [2.75, 3.05) is 23.3 Å². The van der Waals surface area contributed by atoms with Crippen LogP contribution in [0.5, 0.6) is 5.75 Å². The predicted octanol–water partition coefficient (Wildman–Crippen LogP) is 3.94. The number of nitrogens with one attached hydrogen (secondary N) is 1. The lowest BCUT2D eigenvalue weighted by Crippen LogP contribution is -2.34. The first-order valence-corrected chi connectivity index (χ1v) is 9.16. The van der Waals surface area contributed by atoms with Crippen molar-refractivity contribution in [3.8, 4) is 5.75 Å². The van der Waals surface area contributed by atoms with E-state index in [1.54, 1.807) is 24.3 Å². The number of anilines is 2. The van der Waals surface area contributed by atoms with Gasteiger partial charge < -0.3 is 20.7 Å². The Hall–Kier alpha value is -3.02. The zero-order valence-electron chi connectivity index (χ0n) is 15.7. The number of piperidine rings is 1. The van der Waals surface area contributed by atoms with Crippen LogP contribution in [0.4, 0.5) is 16.2 Å². The minimum Gasteiger partial charge on any atom is -0.411 e. The molecule has 2 aromatic carbocycles. The van der Waals surface area contributed by atoms with Crippen molar-refractivity contribution >= 4 is 23.4 Å². The minimum atomic E-state index is -0.869. The van der Waals surface area contributed by atoms with E-state index in [0.717, 1.165) is 43.1 Å². The lowest BCUT2D eigenvalue weighted by atomic mass is 9.97. The van der Waals surface area contributed by atoms with E-state index in [1.807, 2.05) is 19.1 Å². The molecule has 0 saturated carbocycles. The van der Waals surface area contributed by atoms with E-state index in [-0.39, 0.29) is 5.91 Å². The highest BCUT2D eigenvalue weighted by Gasteiger charge is 2.21. The zero-order valence-corrected chi connectivity index (χ0v) is 15.7. The van der Waals surface area contributed by atoms with E-state index in [0.29, 0.717) is 17.0 Å². The first-order valence-electron chi connectivity index (χ1n) is 9.16. The highest BCUT2D eigenvalue weighted by molar-refractivity contribution is 6.08. The first kappa shape index (κ1) is 18.8. The summed E-state index contributed by atoms with van der Waals surface area (Å²) >= 11 is 0. The molecule has 1 heterocycles. The van der Waals surface area contributed by atoms with Crippen molar-refractivity contribution in [2.24, 2.45) is 11.7 Å². The minimum absolute atomic E-state index is 0.160. The van der Waals surface area contributed by atoms with Crippen LogP contribution < -0.4 is 20.7 Å². The maximum Gasteiger partial charge on any atom is 0.409 e. The van der Waals surface area contributed by atoms with Crippen LogP contribution in [-0.4, -0.2) is 25.1 Å². The Bertz CT molecular complexity index is 825. The molecule has 0 bridgehead atoms. The van der Waals surface area contributed by atoms with Gasteiger partial charge in [0.1, 0.15) is 5.75 Å². The van der Waals surface area contributed by atoms with Crippen LogP contribution in [0.25, 0.3) is 0 Å². The van der Waals surface area contributed by atoms with Crippen molar-refractivity contribution in [2.45, 2.75) is 26.7 Å². The summed E-state index contributed by atoms with van der Waals surface area (Å²) in [5.41, 5.74) is 8.38. The lowest BCUT2D eigenvalue weighted by molar-refractivity contribution is 0.102.